The van der Waals surface area contributed by atoms with E-state index in [0.29, 0.717) is 13.2 Å². The van der Waals surface area contributed by atoms with Crippen LogP contribution in [0.5, 0.6) is 0 Å². The second-order valence-electron chi connectivity index (χ2n) is 6.81. The molecule has 1 fully saturated rings. The zero-order chi connectivity index (χ0) is 17.5. The summed E-state index contributed by atoms with van der Waals surface area (Å²) in [6, 6.07) is 18.1. The molecule has 25 heavy (non-hydrogen) atoms. The van der Waals surface area contributed by atoms with E-state index in [1.54, 1.807) is 0 Å². The molecule has 0 unspecified atom stereocenters. The van der Waals surface area contributed by atoms with Crippen LogP contribution >= 0.6 is 0 Å². The molecule has 1 aliphatic rings. The van der Waals surface area contributed by atoms with Gasteiger partial charge >= 0.3 is 0 Å². The Balaban J connectivity index is 1.48. The van der Waals surface area contributed by atoms with Gasteiger partial charge in [-0.2, -0.15) is 0 Å². The van der Waals surface area contributed by atoms with Crippen molar-refractivity contribution < 1.29 is 9.53 Å². The SMILES string of the molecule is NC1(C(=O)Nc2cccc(COCCc3ccccc3)c2)CCCC1. The summed E-state index contributed by atoms with van der Waals surface area (Å²) in [6.45, 7) is 1.21. The predicted octanol–water partition coefficient (Wildman–Crippen LogP) is 3.66. The van der Waals surface area contributed by atoms with Crippen LogP contribution < -0.4 is 11.1 Å². The summed E-state index contributed by atoms with van der Waals surface area (Å²) in [5.74, 6) is -0.0767. The van der Waals surface area contributed by atoms with E-state index >= 15 is 0 Å². The van der Waals surface area contributed by atoms with Crippen molar-refractivity contribution in [2.45, 2.75) is 44.2 Å². The van der Waals surface area contributed by atoms with Gasteiger partial charge in [-0.3, -0.25) is 4.79 Å². The maximum absolute atomic E-state index is 12.4. The molecular formula is C21H26N2O2. The number of amides is 1. The van der Waals surface area contributed by atoms with E-state index in [1.165, 1.54) is 5.56 Å². The lowest BCUT2D eigenvalue weighted by molar-refractivity contribution is -0.121. The van der Waals surface area contributed by atoms with Gasteiger partial charge in [0.05, 0.1) is 18.8 Å². The molecule has 3 N–H and O–H groups in total. The maximum Gasteiger partial charge on any atom is 0.244 e. The van der Waals surface area contributed by atoms with Crippen LogP contribution in [-0.2, 0) is 22.6 Å². The molecule has 2 aromatic rings. The molecule has 0 heterocycles. The van der Waals surface area contributed by atoms with Crippen molar-refractivity contribution in [3.05, 3.63) is 65.7 Å². The third-order valence-electron chi connectivity index (χ3n) is 4.78. The summed E-state index contributed by atoms with van der Waals surface area (Å²) < 4.78 is 5.77. The van der Waals surface area contributed by atoms with Crippen LogP contribution in [0.25, 0.3) is 0 Å². The Kier molecular flexibility index (Phi) is 5.84. The number of rotatable bonds is 7. The van der Waals surface area contributed by atoms with Crippen molar-refractivity contribution in [2.24, 2.45) is 5.73 Å². The topological polar surface area (TPSA) is 64.4 Å². The van der Waals surface area contributed by atoms with Gasteiger partial charge in [0.2, 0.25) is 5.91 Å². The lowest BCUT2D eigenvalue weighted by Crippen LogP contribution is -2.48. The van der Waals surface area contributed by atoms with Gasteiger partial charge in [0.15, 0.2) is 0 Å². The number of nitrogens with two attached hydrogens (primary N) is 1. The molecule has 1 saturated carbocycles. The average Bonchev–Trinajstić information content (AvgIpc) is 3.08. The molecule has 4 nitrogen and oxygen atoms in total. The number of hydrogen-bond acceptors (Lipinski definition) is 3. The molecule has 1 amide bonds. The standard InChI is InChI=1S/C21H26N2O2/c22-21(12-4-5-13-21)20(24)23-19-10-6-9-18(15-19)16-25-14-11-17-7-2-1-3-8-17/h1-3,6-10,15H,4-5,11-14,16,22H2,(H,23,24). The van der Waals surface area contributed by atoms with Gasteiger partial charge in [-0.05, 0) is 42.5 Å². The Morgan fingerprint density at radius 2 is 1.76 bits per heavy atom. The van der Waals surface area contributed by atoms with Crippen molar-refractivity contribution in [1.82, 2.24) is 0 Å². The Bertz CT molecular complexity index is 694. The Labute approximate surface area is 149 Å². The fourth-order valence-corrected chi connectivity index (χ4v) is 3.25. The monoisotopic (exact) mass is 338 g/mol. The summed E-state index contributed by atoms with van der Waals surface area (Å²) in [5, 5.41) is 2.96. The molecule has 132 valence electrons. The van der Waals surface area contributed by atoms with E-state index in [9.17, 15) is 4.79 Å². The molecule has 2 aromatic carbocycles. The minimum atomic E-state index is -0.706. The van der Waals surface area contributed by atoms with Crippen LogP contribution in [0.4, 0.5) is 5.69 Å². The van der Waals surface area contributed by atoms with Gasteiger partial charge < -0.3 is 15.8 Å². The van der Waals surface area contributed by atoms with E-state index in [2.05, 4.69) is 17.4 Å². The van der Waals surface area contributed by atoms with E-state index < -0.39 is 5.54 Å². The highest BCUT2D eigenvalue weighted by molar-refractivity contribution is 5.98. The van der Waals surface area contributed by atoms with Gasteiger partial charge in [-0.1, -0.05) is 55.3 Å². The number of carbonyl (C=O) groups is 1. The van der Waals surface area contributed by atoms with Crippen molar-refractivity contribution >= 4 is 11.6 Å². The highest BCUT2D eigenvalue weighted by atomic mass is 16.5. The minimum Gasteiger partial charge on any atom is -0.376 e. The zero-order valence-corrected chi connectivity index (χ0v) is 14.5. The lowest BCUT2D eigenvalue weighted by atomic mass is 9.98. The van der Waals surface area contributed by atoms with Crippen LogP contribution in [-0.4, -0.2) is 18.1 Å². The van der Waals surface area contributed by atoms with Crippen molar-refractivity contribution in [1.29, 1.82) is 0 Å². The highest BCUT2D eigenvalue weighted by Crippen LogP contribution is 2.28. The molecule has 0 atom stereocenters. The smallest absolute Gasteiger partial charge is 0.244 e. The van der Waals surface area contributed by atoms with Crippen molar-refractivity contribution in [3.63, 3.8) is 0 Å². The minimum absolute atomic E-state index is 0.0767. The Morgan fingerprint density at radius 3 is 2.52 bits per heavy atom. The lowest BCUT2D eigenvalue weighted by Gasteiger charge is -2.22. The molecule has 0 bridgehead atoms. The van der Waals surface area contributed by atoms with E-state index in [4.69, 9.17) is 10.5 Å². The number of nitrogens with one attached hydrogen (secondary N) is 1. The van der Waals surface area contributed by atoms with Crippen LogP contribution in [0.2, 0.25) is 0 Å². The second-order valence-corrected chi connectivity index (χ2v) is 6.81. The van der Waals surface area contributed by atoms with E-state index in [0.717, 1.165) is 43.4 Å². The van der Waals surface area contributed by atoms with Crippen molar-refractivity contribution in [2.75, 3.05) is 11.9 Å². The first-order chi connectivity index (χ1) is 12.2. The fourth-order valence-electron chi connectivity index (χ4n) is 3.25. The molecule has 1 aliphatic carbocycles. The summed E-state index contributed by atoms with van der Waals surface area (Å²) in [6.07, 6.45) is 4.48. The number of anilines is 1. The number of ether oxygens (including phenoxy) is 1. The molecule has 4 heteroatoms. The zero-order valence-electron chi connectivity index (χ0n) is 14.5. The summed E-state index contributed by atoms with van der Waals surface area (Å²) in [4.78, 5) is 12.4. The van der Waals surface area contributed by atoms with Crippen molar-refractivity contribution in [3.8, 4) is 0 Å². The molecule has 0 aliphatic heterocycles. The molecule has 0 radical (unpaired) electrons. The average molecular weight is 338 g/mol. The number of hydrogen-bond donors (Lipinski definition) is 2. The summed E-state index contributed by atoms with van der Waals surface area (Å²) >= 11 is 0. The third-order valence-corrected chi connectivity index (χ3v) is 4.78. The quantitative estimate of drug-likeness (QED) is 0.757. The second kappa shape index (κ2) is 8.28. The third kappa shape index (κ3) is 4.91. The highest BCUT2D eigenvalue weighted by Gasteiger charge is 2.36. The maximum atomic E-state index is 12.4. The Morgan fingerprint density at radius 1 is 1.04 bits per heavy atom. The number of carbonyl (C=O) groups excluding carboxylic acids is 1. The van der Waals surface area contributed by atoms with Crippen LogP contribution in [0, 0.1) is 0 Å². The fraction of sp³-hybridized carbons (Fsp3) is 0.381. The van der Waals surface area contributed by atoms with Gasteiger partial charge in [0.1, 0.15) is 0 Å². The van der Waals surface area contributed by atoms with Gasteiger partial charge in [0.25, 0.3) is 0 Å². The first kappa shape index (κ1) is 17.6. The molecule has 0 saturated heterocycles. The first-order valence-electron chi connectivity index (χ1n) is 8.97. The molecule has 3 rings (SSSR count). The molecular weight excluding hydrogens is 312 g/mol. The van der Waals surface area contributed by atoms with E-state index in [-0.39, 0.29) is 5.91 Å². The Hall–Kier alpha value is -2.17. The summed E-state index contributed by atoms with van der Waals surface area (Å²) in [7, 11) is 0. The number of benzene rings is 2. The van der Waals surface area contributed by atoms with E-state index in [1.807, 2.05) is 42.5 Å². The van der Waals surface area contributed by atoms with Crippen LogP contribution in [0.15, 0.2) is 54.6 Å². The molecule has 0 spiro atoms. The predicted molar refractivity (Wildman–Crippen MR) is 100 cm³/mol. The van der Waals surface area contributed by atoms with Crippen LogP contribution in [0.3, 0.4) is 0 Å². The largest absolute Gasteiger partial charge is 0.376 e. The molecule has 0 aromatic heterocycles. The first-order valence-corrected chi connectivity index (χ1v) is 8.97. The van der Waals surface area contributed by atoms with Gasteiger partial charge in [0, 0.05) is 5.69 Å². The van der Waals surface area contributed by atoms with Gasteiger partial charge in [-0.25, -0.2) is 0 Å². The summed E-state index contributed by atoms with van der Waals surface area (Å²) in [5.41, 5.74) is 8.60. The van der Waals surface area contributed by atoms with Gasteiger partial charge in [-0.15, -0.1) is 0 Å². The normalized spacial score (nSPS) is 15.9. The van der Waals surface area contributed by atoms with Crippen LogP contribution in [0.1, 0.15) is 36.8 Å².